The molecule has 27 heavy (non-hydrogen) atoms. The second-order valence-electron chi connectivity index (χ2n) is 8.03. The van der Waals surface area contributed by atoms with Gasteiger partial charge in [0.1, 0.15) is 0 Å². The lowest BCUT2D eigenvalue weighted by molar-refractivity contribution is 0.335. The number of hydrogen-bond acceptors (Lipinski definition) is 1. The van der Waals surface area contributed by atoms with Crippen molar-refractivity contribution in [3.05, 3.63) is 0 Å². The zero-order valence-electron chi connectivity index (χ0n) is 19.3. The van der Waals surface area contributed by atoms with Crippen LogP contribution in [0.25, 0.3) is 0 Å². The summed E-state index contributed by atoms with van der Waals surface area (Å²) in [6, 6.07) is 0. The third kappa shape index (κ3) is 8.17. The van der Waals surface area contributed by atoms with Gasteiger partial charge in [-0.3, -0.25) is 4.74 Å². The van der Waals surface area contributed by atoms with Gasteiger partial charge in [0.2, 0.25) is 0 Å². The van der Waals surface area contributed by atoms with E-state index in [1.807, 2.05) is 0 Å². The van der Waals surface area contributed by atoms with Gasteiger partial charge >= 0.3 is 0 Å². The smallest absolute Gasteiger partial charge is 0.167 e. The molecule has 1 rings (SSSR count). The van der Waals surface area contributed by atoms with E-state index in [-0.39, 0.29) is 0 Å². The van der Waals surface area contributed by atoms with E-state index in [0.29, 0.717) is 0 Å². The van der Waals surface area contributed by atoms with Gasteiger partial charge in [-0.25, -0.2) is 14.0 Å². The molecule has 0 spiro atoms. The molecule has 1 aliphatic heterocycles. The number of rotatable bonds is 18. The second-order valence-corrected chi connectivity index (χ2v) is 11.1. The van der Waals surface area contributed by atoms with Gasteiger partial charge in [-0.1, -0.05) is 66.7 Å². The summed E-state index contributed by atoms with van der Waals surface area (Å²) < 4.78 is 14.1. The highest BCUT2D eigenvalue weighted by molar-refractivity contribution is 7.59. The van der Waals surface area contributed by atoms with Crippen molar-refractivity contribution in [2.75, 3.05) is 45.8 Å². The first-order valence-corrected chi connectivity index (χ1v) is 13.6. The van der Waals surface area contributed by atoms with Crippen LogP contribution in [0.2, 0.25) is 0 Å². The van der Waals surface area contributed by atoms with Crippen LogP contribution in [0.3, 0.4) is 0 Å². The summed E-state index contributed by atoms with van der Waals surface area (Å²) in [6.45, 7) is 20.1. The fraction of sp³-hybridized carbons (Fsp3) is 1.00. The zero-order chi connectivity index (χ0) is 20.0. The molecule has 0 aromatic heterocycles. The van der Waals surface area contributed by atoms with Crippen molar-refractivity contribution in [2.24, 2.45) is 4.74 Å². The standard InChI is InChI=1S/C22H49N4P/c1-6-11-16-23-27(26-21-22-26,24(17-12-7-2)18-13-8-3)25(19-14-9-4)20-15-10-5/h6-22H2,1-5H3. The van der Waals surface area contributed by atoms with Gasteiger partial charge in [0, 0.05) is 45.8 Å². The molecule has 162 valence electrons. The van der Waals surface area contributed by atoms with E-state index in [4.69, 9.17) is 4.74 Å². The van der Waals surface area contributed by atoms with E-state index in [2.05, 4.69) is 48.6 Å². The van der Waals surface area contributed by atoms with Crippen molar-refractivity contribution in [3.8, 4) is 0 Å². The lowest BCUT2D eigenvalue weighted by Crippen LogP contribution is -2.38. The Morgan fingerprint density at radius 1 is 0.630 bits per heavy atom. The first kappa shape index (κ1) is 25.1. The summed E-state index contributed by atoms with van der Waals surface area (Å²) in [7, 11) is -1.70. The molecule has 0 N–H and O–H groups in total. The average molecular weight is 401 g/mol. The Kier molecular flexibility index (Phi) is 14.0. The summed E-state index contributed by atoms with van der Waals surface area (Å²) in [5.74, 6) is 0. The zero-order valence-corrected chi connectivity index (χ0v) is 20.2. The minimum absolute atomic E-state index is 1.05. The second kappa shape index (κ2) is 15.0. The number of nitrogens with zero attached hydrogens (tertiary/aromatic N) is 4. The third-order valence-electron chi connectivity index (χ3n) is 5.44. The maximum atomic E-state index is 5.61. The van der Waals surface area contributed by atoms with Crippen LogP contribution in [0.5, 0.6) is 0 Å². The van der Waals surface area contributed by atoms with Crippen molar-refractivity contribution in [1.29, 1.82) is 0 Å². The van der Waals surface area contributed by atoms with E-state index in [9.17, 15) is 0 Å². The normalized spacial score (nSPS) is 15.1. The third-order valence-corrected chi connectivity index (χ3v) is 9.50. The predicted octanol–water partition coefficient (Wildman–Crippen LogP) is 6.85. The molecule has 1 aliphatic rings. The van der Waals surface area contributed by atoms with Crippen molar-refractivity contribution in [2.45, 2.75) is 98.8 Å². The topological polar surface area (TPSA) is 21.9 Å². The molecule has 0 radical (unpaired) electrons. The summed E-state index contributed by atoms with van der Waals surface area (Å²) in [4.78, 5) is 0. The molecule has 0 atom stereocenters. The van der Waals surface area contributed by atoms with Gasteiger partial charge in [0.15, 0.2) is 7.51 Å². The van der Waals surface area contributed by atoms with E-state index in [0.717, 1.165) is 6.54 Å². The summed E-state index contributed by atoms with van der Waals surface area (Å²) in [5.41, 5.74) is 0. The van der Waals surface area contributed by atoms with E-state index in [1.54, 1.807) is 0 Å². The molecule has 0 aliphatic carbocycles. The number of hydrogen-bond donors (Lipinski definition) is 0. The monoisotopic (exact) mass is 400 g/mol. The lowest BCUT2D eigenvalue weighted by Gasteiger charge is -2.45. The Labute approximate surface area is 171 Å². The summed E-state index contributed by atoms with van der Waals surface area (Å²) in [6.07, 6.45) is 12.8. The van der Waals surface area contributed by atoms with E-state index in [1.165, 1.54) is 103 Å². The maximum absolute atomic E-state index is 5.61. The molecule has 1 heterocycles. The minimum Gasteiger partial charge on any atom is -0.261 e. The van der Waals surface area contributed by atoms with Crippen LogP contribution >= 0.6 is 7.51 Å². The molecule has 0 amide bonds. The molecular formula is C22H49N4P. The predicted molar refractivity (Wildman–Crippen MR) is 123 cm³/mol. The Morgan fingerprint density at radius 3 is 1.30 bits per heavy atom. The largest absolute Gasteiger partial charge is 0.261 e. The first-order chi connectivity index (χ1) is 13.2. The van der Waals surface area contributed by atoms with Crippen LogP contribution in [-0.4, -0.2) is 59.8 Å². The van der Waals surface area contributed by atoms with Crippen LogP contribution in [0.15, 0.2) is 4.74 Å². The quantitative estimate of drug-likeness (QED) is 0.143. The Hall–Kier alpha value is 0.110. The highest BCUT2D eigenvalue weighted by Gasteiger charge is 2.44. The van der Waals surface area contributed by atoms with E-state index < -0.39 is 7.51 Å². The van der Waals surface area contributed by atoms with Crippen LogP contribution in [-0.2, 0) is 0 Å². The molecule has 1 saturated heterocycles. The maximum Gasteiger partial charge on any atom is 0.167 e. The SMILES string of the molecule is CCCCN=P(N(CCCC)CCCC)(N(CCCC)CCCC)N1CC1. The highest BCUT2D eigenvalue weighted by atomic mass is 31.2. The van der Waals surface area contributed by atoms with Gasteiger partial charge in [-0.05, 0) is 32.1 Å². The average Bonchev–Trinajstić information content (AvgIpc) is 3.52. The van der Waals surface area contributed by atoms with Crippen molar-refractivity contribution < 1.29 is 0 Å². The fourth-order valence-electron chi connectivity index (χ4n) is 3.60. The molecule has 0 aromatic rings. The molecule has 0 unspecified atom stereocenters. The molecular weight excluding hydrogens is 351 g/mol. The van der Waals surface area contributed by atoms with Crippen LogP contribution in [0.1, 0.15) is 98.8 Å². The van der Waals surface area contributed by atoms with Crippen LogP contribution < -0.4 is 0 Å². The molecule has 0 bridgehead atoms. The summed E-state index contributed by atoms with van der Waals surface area (Å²) >= 11 is 0. The Balaban J connectivity index is 3.27. The van der Waals surface area contributed by atoms with E-state index >= 15 is 0 Å². The molecule has 4 nitrogen and oxygen atoms in total. The van der Waals surface area contributed by atoms with Crippen LogP contribution in [0, 0.1) is 0 Å². The Morgan fingerprint density at radius 2 is 1.00 bits per heavy atom. The summed E-state index contributed by atoms with van der Waals surface area (Å²) in [5, 5.41) is 0. The fourth-order valence-corrected chi connectivity index (χ4v) is 7.89. The minimum atomic E-state index is -1.70. The molecule has 0 aromatic carbocycles. The van der Waals surface area contributed by atoms with Gasteiger partial charge in [0.05, 0.1) is 0 Å². The van der Waals surface area contributed by atoms with Crippen molar-refractivity contribution in [3.63, 3.8) is 0 Å². The van der Waals surface area contributed by atoms with Crippen molar-refractivity contribution in [1.82, 2.24) is 14.0 Å². The number of unbranched alkanes of at least 4 members (excludes halogenated alkanes) is 5. The highest BCUT2D eigenvalue weighted by Crippen LogP contribution is 2.63. The van der Waals surface area contributed by atoms with Gasteiger partial charge in [-0.15, -0.1) is 0 Å². The molecule has 0 saturated carbocycles. The van der Waals surface area contributed by atoms with Gasteiger partial charge in [-0.2, -0.15) is 0 Å². The van der Waals surface area contributed by atoms with Crippen molar-refractivity contribution >= 4 is 7.51 Å². The molecule has 5 heteroatoms. The first-order valence-electron chi connectivity index (χ1n) is 12.0. The molecule has 1 fully saturated rings. The van der Waals surface area contributed by atoms with Gasteiger partial charge < -0.3 is 0 Å². The van der Waals surface area contributed by atoms with Gasteiger partial charge in [0.25, 0.3) is 0 Å². The lowest BCUT2D eigenvalue weighted by atomic mass is 10.3. The Bertz CT molecular complexity index is 369. The van der Waals surface area contributed by atoms with Crippen LogP contribution in [0.4, 0.5) is 0 Å².